The van der Waals surface area contributed by atoms with Gasteiger partial charge in [0, 0.05) is 29.7 Å². The van der Waals surface area contributed by atoms with Gasteiger partial charge in [-0.3, -0.25) is 9.78 Å². The van der Waals surface area contributed by atoms with Gasteiger partial charge in [0.2, 0.25) is 0 Å². The van der Waals surface area contributed by atoms with E-state index in [9.17, 15) is 10.1 Å². The molecule has 0 bridgehead atoms. The van der Waals surface area contributed by atoms with Gasteiger partial charge in [0.25, 0.3) is 5.91 Å². The van der Waals surface area contributed by atoms with Gasteiger partial charge in [-0.1, -0.05) is 11.6 Å². The number of halogens is 1. The van der Waals surface area contributed by atoms with Crippen LogP contribution in [-0.2, 0) is 0 Å². The lowest BCUT2D eigenvalue weighted by molar-refractivity contribution is 0.0927. The Balaban J connectivity index is 1.71. The maximum absolute atomic E-state index is 11.8. The third-order valence-electron chi connectivity index (χ3n) is 3.41. The Morgan fingerprint density at radius 3 is 2.96 bits per heavy atom. The highest BCUT2D eigenvalue weighted by Crippen LogP contribution is 2.27. The molecule has 3 rings (SSSR count). The van der Waals surface area contributed by atoms with Gasteiger partial charge in [0.1, 0.15) is 6.07 Å². The zero-order valence-corrected chi connectivity index (χ0v) is 13.3. The number of nitrogens with zero attached hydrogens (tertiary/aromatic N) is 2. The van der Waals surface area contributed by atoms with Crippen LogP contribution in [0.15, 0.2) is 47.2 Å². The van der Waals surface area contributed by atoms with E-state index in [1.165, 1.54) is 12.5 Å². The lowest BCUT2D eigenvalue weighted by Crippen LogP contribution is -2.28. The first-order chi connectivity index (χ1) is 11.7. The smallest absolute Gasteiger partial charge is 0.287 e. The summed E-state index contributed by atoms with van der Waals surface area (Å²) in [7, 11) is 0. The Labute approximate surface area is 143 Å². The first-order valence-corrected chi connectivity index (χ1v) is 7.61. The van der Waals surface area contributed by atoms with E-state index in [0.717, 1.165) is 10.9 Å². The molecule has 0 saturated carbocycles. The van der Waals surface area contributed by atoms with Crippen LogP contribution < -0.4 is 10.6 Å². The molecule has 3 aromatic rings. The minimum atomic E-state index is -0.287. The van der Waals surface area contributed by atoms with E-state index in [1.807, 2.05) is 0 Å². The van der Waals surface area contributed by atoms with Crippen molar-refractivity contribution in [2.45, 2.75) is 0 Å². The minimum absolute atomic E-state index is 0.258. The second-order valence-corrected chi connectivity index (χ2v) is 5.42. The zero-order valence-electron chi connectivity index (χ0n) is 12.5. The molecule has 0 atom stereocenters. The van der Waals surface area contributed by atoms with Crippen LogP contribution in [-0.4, -0.2) is 24.0 Å². The van der Waals surface area contributed by atoms with Gasteiger partial charge in [-0.2, -0.15) is 5.26 Å². The van der Waals surface area contributed by atoms with E-state index < -0.39 is 0 Å². The SMILES string of the molecule is N#Cc1cnc2ccc(Cl)cc2c1NCCNC(=O)c1ccco1. The molecule has 1 aromatic carbocycles. The van der Waals surface area contributed by atoms with Crippen LogP contribution in [0.4, 0.5) is 5.69 Å². The number of aromatic nitrogens is 1. The van der Waals surface area contributed by atoms with Crippen molar-refractivity contribution in [2.75, 3.05) is 18.4 Å². The monoisotopic (exact) mass is 340 g/mol. The highest BCUT2D eigenvalue weighted by atomic mass is 35.5. The number of furan rings is 1. The van der Waals surface area contributed by atoms with Crippen molar-refractivity contribution in [2.24, 2.45) is 0 Å². The van der Waals surface area contributed by atoms with Crippen LogP contribution in [0, 0.1) is 11.3 Å². The normalized spacial score (nSPS) is 10.3. The predicted octanol–water partition coefficient (Wildman–Crippen LogP) is 3.19. The lowest BCUT2D eigenvalue weighted by atomic mass is 10.1. The van der Waals surface area contributed by atoms with Gasteiger partial charge in [0.05, 0.1) is 23.0 Å². The number of carbonyl (C=O) groups is 1. The molecule has 1 amide bonds. The Morgan fingerprint density at radius 2 is 2.21 bits per heavy atom. The molecular formula is C17H13ClN4O2. The second kappa shape index (κ2) is 7.02. The van der Waals surface area contributed by atoms with Gasteiger partial charge in [-0.05, 0) is 30.3 Å². The minimum Gasteiger partial charge on any atom is -0.459 e. The molecule has 0 unspecified atom stereocenters. The average Bonchev–Trinajstić information content (AvgIpc) is 3.13. The maximum atomic E-state index is 11.8. The average molecular weight is 341 g/mol. The van der Waals surface area contributed by atoms with Crippen LogP contribution in [0.25, 0.3) is 10.9 Å². The molecular weight excluding hydrogens is 328 g/mol. The number of benzene rings is 1. The number of hydrogen-bond acceptors (Lipinski definition) is 5. The summed E-state index contributed by atoms with van der Waals surface area (Å²) in [6.45, 7) is 0.807. The predicted molar refractivity (Wildman–Crippen MR) is 91.0 cm³/mol. The summed E-state index contributed by atoms with van der Waals surface area (Å²) < 4.78 is 5.02. The fraction of sp³-hybridized carbons (Fsp3) is 0.118. The van der Waals surface area contributed by atoms with E-state index in [4.69, 9.17) is 16.0 Å². The number of fused-ring (bicyclic) bond motifs is 1. The van der Waals surface area contributed by atoms with E-state index >= 15 is 0 Å². The lowest BCUT2D eigenvalue weighted by Gasteiger charge is -2.12. The second-order valence-electron chi connectivity index (χ2n) is 4.98. The fourth-order valence-corrected chi connectivity index (χ4v) is 2.47. The number of carbonyl (C=O) groups excluding carboxylic acids is 1. The van der Waals surface area contributed by atoms with Crippen molar-refractivity contribution in [3.05, 3.63) is 59.1 Å². The highest BCUT2D eigenvalue weighted by molar-refractivity contribution is 6.31. The Hall–Kier alpha value is -3.04. The number of hydrogen-bond donors (Lipinski definition) is 2. The first-order valence-electron chi connectivity index (χ1n) is 7.23. The fourth-order valence-electron chi connectivity index (χ4n) is 2.30. The third kappa shape index (κ3) is 3.31. The number of pyridine rings is 1. The van der Waals surface area contributed by atoms with Crippen molar-refractivity contribution in [3.63, 3.8) is 0 Å². The Bertz CT molecular complexity index is 916. The van der Waals surface area contributed by atoms with E-state index in [-0.39, 0.29) is 11.7 Å². The Kier molecular flexibility index (Phi) is 4.64. The summed E-state index contributed by atoms with van der Waals surface area (Å²) in [5, 5.41) is 16.5. The summed E-state index contributed by atoms with van der Waals surface area (Å²) in [6, 6.07) is 10.7. The van der Waals surface area contributed by atoms with Gasteiger partial charge in [-0.15, -0.1) is 0 Å². The Morgan fingerprint density at radius 1 is 1.33 bits per heavy atom. The summed E-state index contributed by atoms with van der Waals surface area (Å²) in [5.74, 6) is -0.0289. The van der Waals surface area contributed by atoms with Crippen LogP contribution in [0.2, 0.25) is 5.02 Å². The summed E-state index contributed by atoms with van der Waals surface area (Å²) in [5.41, 5.74) is 1.81. The van der Waals surface area contributed by atoms with Gasteiger partial charge in [0.15, 0.2) is 5.76 Å². The zero-order chi connectivity index (χ0) is 16.9. The molecule has 0 spiro atoms. The van der Waals surface area contributed by atoms with Crippen molar-refractivity contribution in [1.29, 1.82) is 5.26 Å². The van der Waals surface area contributed by atoms with E-state index in [1.54, 1.807) is 30.3 Å². The summed E-state index contributed by atoms with van der Waals surface area (Å²) in [4.78, 5) is 16.0. The molecule has 24 heavy (non-hydrogen) atoms. The summed E-state index contributed by atoms with van der Waals surface area (Å²) in [6.07, 6.45) is 2.96. The van der Waals surface area contributed by atoms with Crippen LogP contribution >= 0.6 is 11.6 Å². The van der Waals surface area contributed by atoms with Crippen LogP contribution in [0.1, 0.15) is 16.1 Å². The number of nitriles is 1. The van der Waals surface area contributed by atoms with Crippen molar-refractivity contribution < 1.29 is 9.21 Å². The van der Waals surface area contributed by atoms with Crippen molar-refractivity contribution in [1.82, 2.24) is 10.3 Å². The molecule has 2 heterocycles. The standard InChI is InChI=1S/C17H13ClN4O2/c18-12-3-4-14-13(8-12)16(11(9-19)10-22-14)20-5-6-21-17(23)15-2-1-7-24-15/h1-4,7-8,10H,5-6H2,(H,20,22)(H,21,23). The van der Waals surface area contributed by atoms with Gasteiger partial charge < -0.3 is 15.1 Å². The van der Waals surface area contributed by atoms with Crippen LogP contribution in [0.5, 0.6) is 0 Å². The highest BCUT2D eigenvalue weighted by Gasteiger charge is 2.10. The molecule has 0 radical (unpaired) electrons. The molecule has 120 valence electrons. The number of amides is 1. The first kappa shape index (κ1) is 15.8. The van der Waals surface area contributed by atoms with Crippen LogP contribution in [0.3, 0.4) is 0 Å². The molecule has 0 aliphatic rings. The molecule has 0 fully saturated rings. The molecule has 7 heteroatoms. The third-order valence-corrected chi connectivity index (χ3v) is 3.64. The van der Waals surface area contributed by atoms with E-state index in [2.05, 4.69) is 21.7 Å². The number of nitrogens with one attached hydrogen (secondary N) is 2. The number of anilines is 1. The van der Waals surface area contributed by atoms with Gasteiger partial charge >= 0.3 is 0 Å². The molecule has 0 aliphatic heterocycles. The molecule has 0 aliphatic carbocycles. The molecule has 2 N–H and O–H groups in total. The summed E-state index contributed by atoms with van der Waals surface area (Å²) >= 11 is 6.04. The van der Waals surface area contributed by atoms with Crippen molar-refractivity contribution in [3.8, 4) is 6.07 Å². The van der Waals surface area contributed by atoms with Gasteiger partial charge in [-0.25, -0.2) is 0 Å². The molecule has 6 nitrogen and oxygen atoms in total. The molecule has 2 aromatic heterocycles. The quantitative estimate of drug-likeness (QED) is 0.696. The van der Waals surface area contributed by atoms with Crippen molar-refractivity contribution >= 4 is 34.1 Å². The number of rotatable bonds is 5. The van der Waals surface area contributed by atoms with E-state index in [0.29, 0.717) is 29.4 Å². The largest absolute Gasteiger partial charge is 0.459 e. The maximum Gasteiger partial charge on any atom is 0.287 e. The topological polar surface area (TPSA) is 91.0 Å². The molecule has 0 saturated heterocycles.